The summed E-state index contributed by atoms with van der Waals surface area (Å²) in [5, 5.41) is 6.68. The molecule has 1 amide bonds. The normalized spacial score (nSPS) is 14.5. The number of ether oxygens (including phenoxy) is 1. The quantitative estimate of drug-likeness (QED) is 0.872. The fourth-order valence-electron chi connectivity index (χ4n) is 2.18. The summed E-state index contributed by atoms with van der Waals surface area (Å²) in [6.07, 6.45) is 2.53. The number of hydrogen-bond acceptors (Lipinski definition) is 3. The molecule has 0 radical (unpaired) electrons. The second-order valence-electron chi connectivity index (χ2n) is 4.18. The second-order valence-corrected chi connectivity index (χ2v) is 4.18. The van der Waals surface area contributed by atoms with Crippen LogP contribution in [0, 0.1) is 0 Å². The molecule has 1 aliphatic rings. The van der Waals surface area contributed by atoms with Gasteiger partial charge in [0.15, 0.2) is 0 Å². The summed E-state index contributed by atoms with van der Waals surface area (Å²) in [6, 6.07) is 7.50. The predicted octanol–water partition coefficient (Wildman–Crippen LogP) is 1.62. The number of anilines is 1. The van der Waals surface area contributed by atoms with Crippen LogP contribution in [0.1, 0.15) is 16.1 Å². The molecular formula is C13H13N3O2. The molecule has 1 aromatic heterocycles. The fraction of sp³-hybridized carbons (Fsp3) is 0.231. The van der Waals surface area contributed by atoms with E-state index >= 15 is 0 Å². The van der Waals surface area contributed by atoms with Gasteiger partial charge < -0.3 is 9.64 Å². The standard InChI is InChI=1S/C13H13N3O2/c1-18-11-4-2-3-10(7-11)16-6-5-9-8-14-15-12(9)13(16)17/h2-4,7-8H,5-6H2,1H3,(H,14,15). The van der Waals surface area contributed by atoms with Gasteiger partial charge in [-0.2, -0.15) is 5.10 Å². The highest BCUT2D eigenvalue weighted by atomic mass is 16.5. The van der Waals surface area contributed by atoms with Crippen LogP contribution in [0.5, 0.6) is 5.75 Å². The molecule has 0 unspecified atom stereocenters. The molecule has 0 bridgehead atoms. The molecule has 0 aliphatic carbocycles. The van der Waals surface area contributed by atoms with Gasteiger partial charge in [0.25, 0.3) is 5.91 Å². The Balaban J connectivity index is 1.96. The van der Waals surface area contributed by atoms with Crippen molar-refractivity contribution in [3.8, 4) is 5.75 Å². The smallest absolute Gasteiger partial charge is 0.276 e. The molecule has 0 spiro atoms. The molecule has 2 heterocycles. The fourth-order valence-corrected chi connectivity index (χ4v) is 2.18. The number of nitrogens with zero attached hydrogens (tertiary/aromatic N) is 2. The number of aromatic amines is 1. The Morgan fingerprint density at radius 3 is 3.17 bits per heavy atom. The molecule has 2 aromatic rings. The van der Waals surface area contributed by atoms with E-state index in [1.54, 1.807) is 18.2 Å². The average molecular weight is 243 g/mol. The summed E-state index contributed by atoms with van der Waals surface area (Å²) in [4.78, 5) is 14.0. The molecule has 0 fully saturated rings. The van der Waals surface area contributed by atoms with Gasteiger partial charge in [-0.3, -0.25) is 9.89 Å². The van der Waals surface area contributed by atoms with Crippen LogP contribution < -0.4 is 9.64 Å². The van der Waals surface area contributed by atoms with Crippen molar-refractivity contribution in [3.05, 3.63) is 41.7 Å². The van der Waals surface area contributed by atoms with Crippen molar-refractivity contribution in [2.45, 2.75) is 6.42 Å². The lowest BCUT2D eigenvalue weighted by atomic mass is 10.1. The molecular weight excluding hydrogens is 230 g/mol. The first-order valence-corrected chi connectivity index (χ1v) is 5.78. The van der Waals surface area contributed by atoms with Crippen LogP contribution in [0.25, 0.3) is 0 Å². The molecule has 92 valence electrons. The Hall–Kier alpha value is -2.30. The largest absolute Gasteiger partial charge is 0.497 e. The van der Waals surface area contributed by atoms with Crippen molar-refractivity contribution in [1.82, 2.24) is 10.2 Å². The topological polar surface area (TPSA) is 58.2 Å². The minimum absolute atomic E-state index is 0.0398. The zero-order chi connectivity index (χ0) is 12.5. The number of aromatic nitrogens is 2. The molecule has 1 N–H and O–H groups in total. The Morgan fingerprint density at radius 2 is 2.33 bits per heavy atom. The number of nitrogens with one attached hydrogen (secondary N) is 1. The third-order valence-electron chi connectivity index (χ3n) is 3.15. The van der Waals surface area contributed by atoms with E-state index in [9.17, 15) is 4.79 Å². The summed E-state index contributed by atoms with van der Waals surface area (Å²) in [5.74, 6) is 0.706. The first kappa shape index (κ1) is 10.8. The predicted molar refractivity (Wildman–Crippen MR) is 67.0 cm³/mol. The Bertz CT molecular complexity index is 591. The van der Waals surface area contributed by atoms with E-state index in [0.29, 0.717) is 12.2 Å². The van der Waals surface area contributed by atoms with Gasteiger partial charge in [0, 0.05) is 23.9 Å². The van der Waals surface area contributed by atoms with Gasteiger partial charge >= 0.3 is 0 Å². The minimum Gasteiger partial charge on any atom is -0.497 e. The molecule has 1 aromatic carbocycles. The van der Waals surface area contributed by atoms with Crippen molar-refractivity contribution in [3.63, 3.8) is 0 Å². The third-order valence-corrected chi connectivity index (χ3v) is 3.15. The van der Waals surface area contributed by atoms with Crippen LogP contribution in [0.15, 0.2) is 30.5 Å². The number of H-pyrrole nitrogens is 1. The van der Waals surface area contributed by atoms with Crippen LogP contribution in [0.2, 0.25) is 0 Å². The van der Waals surface area contributed by atoms with Crippen molar-refractivity contribution >= 4 is 11.6 Å². The van der Waals surface area contributed by atoms with Gasteiger partial charge in [-0.15, -0.1) is 0 Å². The maximum atomic E-state index is 12.3. The van der Waals surface area contributed by atoms with E-state index in [2.05, 4.69) is 10.2 Å². The molecule has 5 nitrogen and oxygen atoms in total. The van der Waals surface area contributed by atoms with Crippen LogP contribution in [-0.2, 0) is 6.42 Å². The Morgan fingerprint density at radius 1 is 1.44 bits per heavy atom. The van der Waals surface area contributed by atoms with Crippen LogP contribution in [0.3, 0.4) is 0 Å². The number of rotatable bonds is 2. The lowest BCUT2D eigenvalue weighted by molar-refractivity contribution is 0.0976. The van der Waals surface area contributed by atoms with E-state index in [-0.39, 0.29) is 5.91 Å². The number of benzene rings is 1. The Labute approximate surface area is 104 Å². The monoisotopic (exact) mass is 243 g/mol. The molecule has 0 saturated heterocycles. The third kappa shape index (κ3) is 1.64. The van der Waals surface area contributed by atoms with Gasteiger partial charge in [-0.1, -0.05) is 6.07 Å². The van der Waals surface area contributed by atoms with E-state index in [1.165, 1.54) is 0 Å². The average Bonchev–Trinajstić information content (AvgIpc) is 2.88. The summed E-state index contributed by atoms with van der Waals surface area (Å²) < 4.78 is 5.18. The van der Waals surface area contributed by atoms with E-state index < -0.39 is 0 Å². The second kappa shape index (κ2) is 4.18. The highest BCUT2D eigenvalue weighted by molar-refractivity contribution is 6.06. The first-order valence-electron chi connectivity index (χ1n) is 5.78. The van der Waals surface area contributed by atoms with E-state index in [0.717, 1.165) is 23.4 Å². The zero-order valence-corrected chi connectivity index (χ0v) is 10.0. The van der Waals surface area contributed by atoms with Crippen LogP contribution in [-0.4, -0.2) is 29.8 Å². The van der Waals surface area contributed by atoms with Crippen molar-refractivity contribution in [2.24, 2.45) is 0 Å². The maximum Gasteiger partial charge on any atom is 0.276 e. The molecule has 0 saturated carbocycles. The lowest BCUT2D eigenvalue weighted by Crippen LogP contribution is -2.37. The number of carbonyl (C=O) groups excluding carboxylic acids is 1. The van der Waals surface area contributed by atoms with Gasteiger partial charge in [0.1, 0.15) is 11.4 Å². The van der Waals surface area contributed by atoms with Crippen LogP contribution >= 0.6 is 0 Å². The number of methoxy groups -OCH3 is 1. The number of fused-ring (bicyclic) bond motifs is 1. The molecule has 3 rings (SSSR count). The van der Waals surface area contributed by atoms with Crippen molar-refractivity contribution in [2.75, 3.05) is 18.6 Å². The lowest BCUT2D eigenvalue weighted by Gasteiger charge is -2.26. The van der Waals surface area contributed by atoms with Gasteiger partial charge in [0.05, 0.1) is 13.3 Å². The summed E-state index contributed by atoms with van der Waals surface area (Å²) >= 11 is 0. The summed E-state index contributed by atoms with van der Waals surface area (Å²) in [7, 11) is 1.62. The highest BCUT2D eigenvalue weighted by Gasteiger charge is 2.27. The van der Waals surface area contributed by atoms with Gasteiger partial charge in [0.2, 0.25) is 0 Å². The number of hydrogen-bond donors (Lipinski definition) is 1. The summed E-state index contributed by atoms with van der Waals surface area (Å²) in [6.45, 7) is 0.665. The maximum absolute atomic E-state index is 12.3. The van der Waals surface area contributed by atoms with E-state index in [1.807, 2.05) is 24.3 Å². The zero-order valence-electron chi connectivity index (χ0n) is 10.0. The minimum atomic E-state index is -0.0398. The van der Waals surface area contributed by atoms with Crippen LogP contribution in [0.4, 0.5) is 5.69 Å². The van der Waals surface area contributed by atoms with Crippen molar-refractivity contribution in [1.29, 1.82) is 0 Å². The molecule has 1 aliphatic heterocycles. The molecule has 0 atom stereocenters. The van der Waals surface area contributed by atoms with Gasteiger partial charge in [-0.25, -0.2) is 0 Å². The summed E-state index contributed by atoms with van der Waals surface area (Å²) in [5.41, 5.74) is 2.42. The Kier molecular flexibility index (Phi) is 2.51. The number of amides is 1. The SMILES string of the molecule is COc1cccc(N2CCc3cn[nH]c3C2=O)c1. The molecule has 5 heteroatoms. The molecule has 18 heavy (non-hydrogen) atoms. The van der Waals surface area contributed by atoms with Gasteiger partial charge in [-0.05, 0) is 18.6 Å². The van der Waals surface area contributed by atoms with E-state index in [4.69, 9.17) is 4.74 Å². The first-order chi connectivity index (χ1) is 8.79. The number of carbonyl (C=O) groups is 1. The highest BCUT2D eigenvalue weighted by Crippen LogP contribution is 2.26. The van der Waals surface area contributed by atoms with Crippen molar-refractivity contribution < 1.29 is 9.53 Å².